The van der Waals surface area contributed by atoms with Crippen LogP contribution in [0.2, 0.25) is 5.02 Å². The fourth-order valence-corrected chi connectivity index (χ4v) is 5.55. The third kappa shape index (κ3) is 4.05. The lowest BCUT2D eigenvalue weighted by Gasteiger charge is -2.11. The molecule has 0 atom stereocenters. The smallest absolute Gasteiger partial charge is 0.349 e. The second kappa shape index (κ2) is 9.13. The summed E-state index contributed by atoms with van der Waals surface area (Å²) in [6.07, 6.45) is 1.78. The Labute approximate surface area is 210 Å². The molecule has 0 saturated heterocycles. The summed E-state index contributed by atoms with van der Waals surface area (Å²) in [6.45, 7) is 4.77. The minimum absolute atomic E-state index is 0.263. The molecule has 35 heavy (non-hydrogen) atoms. The monoisotopic (exact) mass is 504 g/mol. The van der Waals surface area contributed by atoms with Gasteiger partial charge in [0.1, 0.15) is 4.88 Å². The predicted molar refractivity (Wildman–Crippen MR) is 140 cm³/mol. The van der Waals surface area contributed by atoms with Crippen molar-refractivity contribution >= 4 is 61.5 Å². The number of rotatable bonds is 5. The van der Waals surface area contributed by atoms with Crippen LogP contribution in [0.1, 0.15) is 32.6 Å². The van der Waals surface area contributed by atoms with Crippen molar-refractivity contribution in [3.8, 4) is 11.3 Å². The van der Waals surface area contributed by atoms with Gasteiger partial charge >= 0.3 is 5.97 Å². The van der Waals surface area contributed by atoms with E-state index in [2.05, 4.69) is 10.4 Å². The normalized spacial score (nSPS) is 11.2. The van der Waals surface area contributed by atoms with Crippen molar-refractivity contribution in [3.63, 3.8) is 0 Å². The quantitative estimate of drug-likeness (QED) is 0.282. The van der Waals surface area contributed by atoms with Crippen LogP contribution in [0.3, 0.4) is 0 Å². The molecule has 0 aliphatic carbocycles. The van der Waals surface area contributed by atoms with Gasteiger partial charge in [0.25, 0.3) is 5.91 Å². The number of amides is 1. The van der Waals surface area contributed by atoms with Gasteiger partial charge in [0.2, 0.25) is 0 Å². The first-order chi connectivity index (χ1) is 16.9. The molecule has 0 bridgehead atoms. The van der Waals surface area contributed by atoms with Gasteiger partial charge in [-0.3, -0.25) is 9.48 Å². The number of hydrogen-bond acceptors (Lipinski definition) is 6. The molecule has 3 aromatic heterocycles. The molecule has 1 amide bonds. The summed E-state index contributed by atoms with van der Waals surface area (Å²) in [6, 6.07) is 14.7. The Hall–Kier alpha value is -3.75. The number of para-hydroxylation sites is 1. The topological polar surface area (TPSA) is 86.1 Å². The number of ether oxygens (including phenoxy) is 1. The number of pyridine rings is 1. The van der Waals surface area contributed by atoms with Crippen LogP contribution in [-0.2, 0) is 11.3 Å². The maximum absolute atomic E-state index is 13.5. The molecule has 176 valence electrons. The van der Waals surface area contributed by atoms with Crippen LogP contribution in [-0.4, -0.2) is 33.8 Å². The number of carbonyl (C=O) groups excluding carboxylic acids is 2. The number of hydrogen-bond donors (Lipinski definition) is 1. The molecule has 7 nitrogen and oxygen atoms in total. The van der Waals surface area contributed by atoms with Gasteiger partial charge in [-0.2, -0.15) is 5.10 Å². The van der Waals surface area contributed by atoms with Crippen LogP contribution >= 0.6 is 22.9 Å². The fraction of sp³-hybridized carbons (Fsp3) is 0.154. The van der Waals surface area contributed by atoms with Gasteiger partial charge in [-0.05, 0) is 44.2 Å². The van der Waals surface area contributed by atoms with E-state index in [9.17, 15) is 9.59 Å². The van der Waals surface area contributed by atoms with Crippen molar-refractivity contribution in [2.45, 2.75) is 20.4 Å². The van der Waals surface area contributed by atoms with Crippen molar-refractivity contribution in [2.24, 2.45) is 0 Å². The van der Waals surface area contributed by atoms with E-state index in [1.54, 1.807) is 30.5 Å². The van der Waals surface area contributed by atoms with Gasteiger partial charge in [0.05, 0.1) is 35.1 Å². The van der Waals surface area contributed by atoms with E-state index in [4.69, 9.17) is 21.3 Å². The van der Waals surface area contributed by atoms with Gasteiger partial charge < -0.3 is 10.1 Å². The molecule has 1 N–H and O–H groups in total. The molecule has 9 heteroatoms. The summed E-state index contributed by atoms with van der Waals surface area (Å²) < 4.78 is 7.48. The highest BCUT2D eigenvalue weighted by Gasteiger charge is 2.20. The number of aromatic nitrogens is 3. The maximum Gasteiger partial charge on any atom is 0.349 e. The highest BCUT2D eigenvalue weighted by Crippen LogP contribution is 2.37. The first-order valence-electron chi connectivity index (χ1n) is 11.0. The molecule has 5 rings (SSSR count). The summed E-state index contributed by atoms with van der Waals surface area (Å²) in [4.78, 5) is 30.6. The molecule has 0 aliphatic rings. The van der Waals surface area contributed by atoms with E-state index in [0.717, 1.165) is 38.8 Å². The minimum Gasteiger partial charge on any atom is -0.465 e. The summed E-state index contributed by atoms with van der Waals surface area (Å²) in [5.74, 6) is -0.750. The summed E-state index contributed by atoms with van der Waals surface area (Å²) in [5.41, 5.74) is 4.39. The SMILES string of the molecule is CCn1ncc(-c2cc(C(=O)Nc3ccc4c(Cl)c(C(=O)OC)sc4c3)c3ccccc3n2)c1C. The van der Waals surface area contributed by atoms with Crippen LogP contribution in [0.25, 0.3) is 32.2 Å². The summed E-state index contributed by atoms with van der Waals surface area (Å²) >= 11 is 7.58. The number of carbonyl (C=O) groups is 2. The van der Waals surface area contributed by atoms with E-state index >= 15 is 0 Å². The molecular weight excluding hydrogens is 484 g/mol. The molecule has 0 aliphatic heterocycles. The van der Waals surface area contributed by atoms with Gasteiger partial charge in [0, 0.05) is 39.0 Å². The number of anilines is 1. The average molecular weight is 505 g/mol. The second-order valence-corrected chi connectivity index (χ2v) is 9.36. The number of halogens is 1. The Morgan fingerprint density at radius 2 is 1.94 bits per heavy atom. The average Bonchev–Trinajstić information content (AvgIpc) is 3.41. The Bertz CT molecular complexity index is 1620. The van der Waals surface area contributed by atoms with Crippen LogP contribution in [0.5, 0.6) is 0 Å². The van der Waals surface area contributed by atoms with Gasteiger partial charge in [-0.15, -0.1) is 11.3 Å². The van der Waals surface area contributed by atoms with Crippen LogP contribution in [0.4, 0.5) is 5.69 Å². The highest BCUT2D eigenvalue weighted by atomic mass is 35.5. The third-order valence-corrected chi connectivity index (χ3v) is 7.53. The lowest BCUT2D eigenvalue weighted by molar-refractivity contribution is 0.0606. The Morgan fingerprint density at radius 1 is 1.14 bits per heavy atom. The zero-order valence-electron chi connectivity index (χ0n) is 19.3. The second-order valence-electron chi connectivity index (χ2n) is 7.93. The molecule has 5 aromatic rings. The van der Waals surface area contributed by atoms with Crippen molar-refractivity contribution in [1.82, 2.24) is 14.8 Å². The highest BCUT2D eigenvalue weighted by molar-refractivity contribution is 7.21. The number of thiophene rings is 1. The number of nitrogens with zero attached hydrogens (tertiary/aromatic N) is 3. The number of methoxy groups -OCH3 is 1. The van der Waals surface area contributed by atoms with E-state index in [1.165, 1.54) is 18.4 Å². The number of benzene rings is 2. The van der Waals surface area contributed by atoms with Crippen molar-refractivity contribution in [2.75, 3.05) is 12.4 Å². The lowest BCUT2D eigenvalue weighted by atomic mass is 10.0. The maximum atomic E-state index is 13.5. The molecule has 3 heterocycles. The fourth-order valence-electron chi connectivity index (χ4n) is 4.08. The van der Waals surface area contributed by atoms with Crippen LogP contribution in [0.15, 0.2) is 54.7 Å². The summed E-state index contributed by atoms with van der Waals surface area (Å²) in [7, 11) is 1.32. The van der Waals surface area contributed by atoms with Gasteiger partial charge in [-0.25, -0.2) is 9.78 Å². The van der Waals surface area contributed by atoms with Gasteiger partial charge in [-0.1, -0.05) is 29.8 Å². The van der Waals surface area contributed by atoms with E-state index < -0.39 is 5.97 Å². The van der Waals surface area contributed by atoms with Crippen molar-refractivity contribution in [3.05, 3.63) is 75.9 Å². The standard InChI is InChI=1S/C26H21ClN4O3S/c1-4-31-14(2)19(13-28-31)21-12-18(16-7-5-6-8-20(16)30-21)25(32)29-15-9-10-17-22(11-15)35-24(23(17)27)26(33)34-3/h5-13H,4H2,1-3H3,(H,29,32). The Balaban J connectivity index is 1.55. The van der Waals surface area contributed by atoms with Crippen molar-refractivity contribution < 1.29 is 14.3 Å². The number of aryl methyl sites for hydroxylation is 1. The Kier molecular flexibility index (Phi) is 6.00. The molecule has 0 radical (unpaired) electrons. The molecule has 0 spiro atoms. The van der Waals surface area contributed by atoms with E-state index in [-0.39, 0.29) is 5.91 Å². The number of fused-ring (bicyclic) bond motifs is 2. The zero-order chi connectivity index (χ0) is 24.7. The van der Waals surface area contributed by atoms with Gasteiger partial charge in [0.15, 0.2) is 0 Å². The zero-order valence-corrected chi connectivity index (χ0v) is 20.8. The third-order valence-electron chi connectivity index (χ3n) is 5.90. The lowest BCUT2D eigenvalue weighted by Crippen LogP contribution is -2.13. The molecule has 2 aromatic carbocycles. The minimum atomic E-state index is -0.487. The predicted octanol–water partition coefficient (Wildman–Crippen LogP) is 6.33. The molecular formula is C26H21ClN4O3S. The number of nitrogens with one attached hydrogen (secondary N) is 1. The van der Waals surface area contributed by atoms with E-state index in [0.29, 0.717) is 26.8 Å². The largest absolute Gasteiger partial charge is 0.465 e. The van der Waals surface area contributed by atoms with Crippen LogP contribution < -0.4 is 5.32 Å². The Morgan fingerprint density at radius 3 is 2.69 bits per heavy atom. The van der Waals surface area contributed by atoms with E-state index in [1.807, 2.05) is 42.8 Å². The molecule has 0 fully saturated rings. The first kappa shape index (κ1) is 23.0. The summed E-state index contributed by atoms with van der Waals surface area (Å²) in [5, 5.41) is 9.24. The molecule has 0 unspecified atom stereocenters. The molecule has 0 saturated carbocycles. The van der Waals surface area contributed by atoms with Crippen molar-refractivity contribution in [1.29, 1.82) is 0 Å². The van der Waals surface area contributed by atoms with Crippen LogP contribution in [0, 0.1) is 6.92 Å². The number of esters is 1. The first-order valence-corrected chi connectivity index (χ1v) is 12.1.